The fourth-order valence-electron chi connectivity index (χ4n) is 6.23. The van der Waals surface area contributed by atoms with Crippen molar-refractivity contribution in [3.63, 3.8) is 0 Å². The Hall–Kier alpha value is -6.44. The maximum atomic E-state index is 12.7. The van der Waals surface area contributed by atoms with Crippen LogP contribution in [-0.2, 0) is 76.6 Å². The highest BCUT2D eigenvalue weighted by Crippen LogP contribution is 2.30. The van der Waals surface area contributed by atoms with Crippen LogP contribution in [0.25, 0.3) is 11.1 Å². The molecule has 0 spiro atoms. The molecule has 0 saturated heterocycles. The van der Waals surface area contributed by atoms with Crippen LogP contribution < -0.4 is 9.47 Å². The molecule has 0 aromatic heterocycles. The number of methoxy groups -OCH3 is 2. The second kappa shape index (κ2) is 28.4. The Bertz CT molecular complexity index is 2020. The van der Waals surface area contributed by atoms with E-state index in [4.69, 9.17) is 28.4 Å². The molecule has 65 heavy (non-hydrogen) atoms. The lowest BCUT2D eigenvalue weighted by atomic mass is 9.92. The minimum atomic E-state index is -1.45. The summed E-state index contributed by atoms with van der Waals surface area (Å²) in [6.45, 7) is 11.5. The highest BCUT2D eigenvalue weighted by molar-refractivity contribution is 5.87. The van der Waals surface area contributed by atoms with Crippen LogP contribution in [0.5, 0.6) is 11.5 Å². The molecular formula is C51H64O14. The number of rotatable bonds is 30. The molecule has 0 atom stereocenters. The second-order valence-electron chi connectivity index (χ2n) is 15.9. The summed E-state index contributed by atoms with van der Waals surface area (Å²) in [7, 11) is 2.39. The van der Waals surface area contributed by atoms with E-state index in [0.717, 1.165) is 47.3 Å². The van der Waals surface area contributed by atoms with Gasteiger partial charge in [-0.3, -0.25) is 19.2 Å². The average Bonchev–Trinajstić information content (AvgIpc) is 3.31. The number of ether oxygens (including phenoxy) is 8. The van der Waals surface area contributed by atoms with Crippen molar-refractivity contribution in [2.75, 3.05) is 47.3 Å². The summed E-state index contributed by atoms with van der Waals surface area (Å²) < 4.78 is 43.5. The minimum Gasteiger partial charge on any atom is -0.494 e. The Kier molecular flexibility index (Phi) is 23.1. The van der Waals surface area contributed by atoms with Crippen LogP contribution in [0.1, 0.15) is 95.2 Å². The topological polar surface area (TPSA) is 176 Å². The third kappa shape index (κ3) is 19.9. The van der Waals surface area contributed by atoms with Crippen LogP contribution in [0, 0.1) is 5.41 Å². The van der Waals surface area contributed by atoms with Gasteiger partial charge in [0.25, 0.3) is 0 Å². The van der Waals surface area contributed by atoms with Crippen LogP contribution in [0.2, 0.25) is 0 Å². The van der Waals surface area contributed by atoms with E-state index in [0.29, 0.717) is 12.4 Å². The smallest absolute Gasteiger partial charge is 0.333 e. The normalized spacial score (nSPS) is 10.8. The van der Waals surface area contributed by atoms with Gasteiger partial charge in [0, 0.05) is 11.1 Å². The van der Waals surface area contributed by atoms with E-state index in [2.05, 4.69) is 41.7 Å². The number of carbonyl (C=O) groups is 6. The van der Waals surface area contributed by atoms with Gasteiger partial charge in [-0.15, -0.1) is 0 Å². The number of hydrogen-bond donors (Lipinski definition) is 0. The van der Waals surface area contributed by atoms with E-state index < -0.39 is 61.1 Å². The van der Waals surface area contributed by atoms with E-state index in [1.54, 1.807) is 19.1 Å². The fraction of sp³-hybridized carbons (Fsp3) is 0.451. The molecule has 3 rings (SSSR count). The molecule has 3 aromatic rings. The highest BCUT2D eigenvalue weighted by Gasteiger charge is 2.38. The summed E-state index contributed by atoms with van der Waals surface area (Å²) in [6, 6.07) is 21.4. The molecular weight excluding hydrogens is 837 g/mol. The summed E-state index contributed by atoms with van der Waals surface area (Å²) in [5.74, 6) is -2.80. The minimum absolute atomic E-state index is 0.0104. The van der Waals surface area contributed by atoms with Gasteiger partial charge in [-0.05, 0) is 91.6 Å². The predicted molar refractivity (Wildman–Crippen MR) is 243 cm³/mol. The van der Waals surface area contributed by atoms with Crippen LogP contribution in [-0.4, -0.2) is 83.1 Å². The van der Waals surface area contributed by atoms with Gasteiger partial charge in [-0.25, -0.2) is 9.59 Å². The molecule has 3 aromatic carbocycles. The number of aryl methyl sites for hydroxylation is 2. The van der Waals surface area contributed by atoms with Crippen molar-refractivity contribution < 1.29 is 66.7 Å². The van der Waals surface area contributed by atoms with Crippen molar-refractivity contribution in [3.8, 4) is 22.6 Å². The molecule has 0 heterocycles. The van der Waals surface area contributed by atoms with Gasteiger partial charge in [0.1, 0.15) is 49.9 Å². The van der Waals surface area contributed by atoms with Gasteiger partial charge in [0.05, 0.1) is 46.5 Å². The van der Waals surface area contributed by atoms with Crippen LogP contribution >= 0.6 is 0 Å². The van der Waals surface area contributed by atoms with Gasteiger partial charge in [0.2, 0.25) is 0 Å². The van der Waals surface area contributed by atoms with Gasteiger partial charge in [-0.1, -0.05) is 81.8 Å². The van der Waals surface area contributed by atoms with Crippen molar-refractivity contribution in [1.82, 2.24) is 0 Å². The van der Waals surface area contributed by atoms with Gasteiger partial charge < -0.3 is 37.9 Å². The number of esters is 6. The predicted octanol–water partition coefficient (Wildman–Crippen LogP) is 8.58. The lowest BCUT2D eigenvalue weighted by Gasteiger charge is -2.32. The van der Waals surface area contributed by atoms with Crippen molar-refractivity contribution >= 4 is 35.8 Å². The Morgan fingerprint density at radius 3 is 1.62 bits per heavy atom. The van der Waals surface area contributed by atoms with Crippen LogP contribution in [0.4, 0.5) is 0 Å². The van der Waals surface area contributed by atoms with E-state index >= 15 is 0 Å². The van der Waals surface area contributed by atoms with Gasteiger partial charge in [0.15, 0.2) is 0 Å². The zero-order valence-electron chi connectivity index (χ0n) is 38.5. The lowest BCUT2D eigenvalue weighted by Crippen LogP contribution is -2.44. The summed E-state index contributed by atoms with van der Waals surface area (Å²) in [6.07, 6.45) is 6.41. The molecule has 0 fully saturated rings. The third-order valence-corrected chi connectivity index (χ3v) is 10.2. The molecule has 14 nitrogen and oxygen atoms in total. The monoisotopic (exact) mass is 900 g/mol. The zero-order valence-corrected chi connectivity index (χ0v) is 38.5. The van der Waals surface area contributed by atoms with E-state index in [1.807, 2.05) is 42.5 Å². The molecule has 0 saturated carbocycles. The number of carbonyl (C=O) groups excluding carboxylic acids is 6. The summed E-state index contributed by atoms with van der Waals surface area (Å²) >= 11 is 0. The molecule has 0 amide bonds. The standard InChI is InChI=1S/C51H64O14/c1-8-9-10-11-13-38-15-20-42(21-16-38)60-29-12-14-39-17-24-44(41(30-39)31-61-49(56)36(2)3)40-18-22-43(23-19-40)62-32-51(35-65-50(57)37(4)5,33-63-47(54)27-25-45(52)58-6)34-64-48(55)28-26-46(53)59-7/h15-24,30H,2,4,8-14,25-29,31-35H2,1,3,5-7H3. The zero-order chi connectivity index (χ0) is 47.6. The largest absolute Gasteiger partial charge is 0.494 e. The maximum Gasteiger partial charge on any atom is 0.333 e. The average molecular weight is 901 g/mol. The molecule has 0 N–H and O–H groups in total. The molecule has 0 aliphatic heterocycles. The first-order valence-electron chi connectivity index (χ1n) is 21.8. The Morgan fingerprint density at radius 2 is 1.05 bits per heavy atom. The molecule has 0 radical (unpaired) electrons. The number of unbranched alkanes of at least 4 members (excludes halogenated alkanes) is 3. The molecule has 0 aliphatic rings. The Morgan fingerprint density at radius 1 is 0.538 bits per heavy atom. The maximum absolute atomic E-state index is 12.7. The van der Waals surface area contributed by atoms with Gasteiger partial charge >= 0.3 is 35.8 Å². The van der Waals surface area contributed by atoms with Crippen molar-refractivity contribution in [1.29, 1.82) is 0 Å². The van der Waals surface area contributed by atoms with Crippen molar-refractivity contribution in [3.05, 3.63) is 108 Å². The third-order valence-electron chi connectivity index (χ3n) is 10.2. The Balaban J connectivity index is 1.79. The summed E-state index contributed by atoms with van der Waals surface area (Å²) in [4.78, 5) is 73.7. The molecule has 0 aliphatic carbocycles. The van der Waals surface area contributed by atoms with Gasteiger partial charge in [-0.2, -0.15) is 0 Å². The van der Waals surface area contributed by atoms with Crippen molar-refractivity contribution in [2.45, 2.75) is 98.0 Å². The van der Waals surface area contributed by atoms with Crippen LogP contribution in [0.15, 0.2) is 91.0 Å². The van der Waals surface area contributed by atoms with E-state index in [1.165, 1.54) is 52.4 Å². The molecule has 0 unspecified atom stereocenters. The second-order valence-corrected chi connectivity index (χ2v) is 15.9. The van der Waals surface area contributed by atoms with E-state index in [9.17, 15) is 28.8 Å². The lowest BCUT2D eigenvalue weighted by molar-refractivity contribution is -0.165. The van der Waals surface area contributed by atoms with Crippen molar-refractivity contribution in [2.24, 2.45) is 5.41 Å². The first-order chi connectivity index (χ1) is 31.2. The molecule has 352 valence electrons. The highest BCUT2D eigenvalue weighted by atomic mass is 16.6. The Labute approximate surface area is 382 Å². The number of hydrogen-bond acceptors (Lipinski definition) is 14. The quantitative estimate of drug-likeness (QED) is 0.0269. The first kappa shape index (κ1) is 52.9. The van der Waals surface area contributed by atoms with E-state index in [-0.39, 0.29) is 50.0 Å². The summed E-state index contributed by atoms with van der Waals surface area (Å²) in [5, 5.41) is 0. The molecule has 0 bridgehead atoms. The summed E-state index contributed by atoms with van der Waals surface area (Å²) in [5.41, 5.74) is 3.68. The first-order valence-corrected chi connectivity index (χ1v) is 21.8. The van der Waals surface area contributed by atoms with Crippen LogP contribution in [0.3, 0.4) is 0 Å². The fourth-order valence-corrected chi connectivity index (χ4v) is 6.23. The SMILES string of the molecule is C=C(C)C(=O)OCc1cc(CCCOc2ccc(CCCCCC)cc2)ccc1-c1ccc(OCC(COC(=O)CCC(=O)OC)(COC(=O)CCC(=O)OC)COC(=O)C(=C)C)cc1. The molecule has 14 heteroatoms. The number of benzene rings is 3.